The molecule has 1 heterocycles. The average molecular weight is 307 g/mol. The molecule has 0 fully saturated rings. The Kier molecular flexibility index (Phi) is 3.27. The monoisotopic (exact) mass is 306 g/mol. The van der Waals surface area contributed by atoms with Crippen molar-refractivity contribution >= 4 is 46.2 Å². The summed E-state index contributed by atoms with van der Waals surface area (Å²) in [7, 11) is 0. The van der Waals surface area contributed by atoms with E-state index in [9.17, 15) is 0 Å². The molecule has 0 unspecified atom stereocenters. The molecule has 1 N–H and O–H groups in total. The van der Waals surface area contributed by atoms with Gasteiger partial charge in [-0.15, -0.1) is 0 Å². The first-order valence-electron chi connectivity index (χ1n) is 5.59. The number of nitrogens with one attached hydrogen (secondary N) is 1. The number of hydrogen-bond donors (Lipinski definition) is 1. The van der Waals surface area contributed by atoms with Crippen LogP contribution in [0.1, 0.15) is 0 Å². The van der Waals surface area contributed by atoms with Crippen LogP contribution in [0.2, 0.25) is 10.0 Å². The van der Waals surface area contributed by atoms with Crippen molar-refractivity contribution in [3.8, 4) is 11.3 Å². The molecule has 2 aromatic carbocycles. The molecule has 0 saturated heterocycles. The summed E-state index contributed by atoms with van der Waals surface area (Å²) in [6.07, 6.45) is 0. The molecule has 5 heteroatoms. The minimum Gasteiger partial charge on any atom is -0.267 e. The van der Waals surface area contributed by atoms with Gasteiger partial charge in [0, 0.05) is 26.4 Å². The summed E-state index contributed by atoms with van der Waals surface area (Å²) in [6, 6.07) is 13.2. The molecule has 0 aliphatic carbocycles. The van der Waals surface area contributed by atoms with Crippen molar-refractivity contribution in [3.05, 3.63) is 57.2 Å². The highest BCUT2D eigenvalue weighted by molar-refractivity contribution is 7.71. The van der Waals surface area contributed by atoms with Crippen LogP contribution in [-0.4, -0.2) is 10.2 Å². The van der Waals surface area contributed by atoms with Crippen LogP contribution < -0.4 is 0 Å². The van der Waals surface area contributed by atoms with Crippen molar-refractivity contribution in [2.75, 3.05) is 0 Å². The largest absolute Gasteiger partial charge is 0.267 e. The second-order valence-corrected chi connectivity index (χ2v) is 5.39. The quantitative estimate of drug-likeness (QED) is 0.621. The predicted molar refractivity (Wildman–Crippen MR) is 82.4 cm³/mol. The van der Waals surface area contributed by atoms with E-state index in [0.29, 0.717) is 14.7 Å². The Morgan fingerprint density at radius 3 is 2.26 bits per heavy atom. The molecular formula is C14H8Cl2N2S. The van der Waals surface area contributed by atoms with E-state index in [2.05, 4.69) is 10.2 Å². The van der Waals surface area contributed by atoms with E-state index in [0.717, 1.165) is 22.0 Å². The molecule has 0 aliphatic heterocycles. The molecule has 1 aromatic heterocycles. The van der Waals surface area contributed by atoms with Gasteiger partial charge in [0.05, 0.1) is 5.69 Å². The molecule has 3 aromatic rings. The van der Waals surface area contributed by atoms with Crippen molar-refractivity contribution < 1.29 is 0 Å². The molecule has 0 spiro atoms. The number of benzene rings is 2. The average Bonchev–Trinajstić information content (AvgIpc) is 2.38. The molecule has 0 atom stereocenters. The summed E-state index contributed by atoms with van der Waals surface area (Å²) in [5.41, 5.74) is 1.65. The summed E-state index contributed by atoms with van der Waals surface area (Å²) in [5.74, 6) is 0. The van der Waals surface area contributed by atoms with Crippen LogP contribution in [0.4, 0.5) is 0 Å². The highest BCUT2D eigenvalue weighted by Crippen LogP contribution is 2.30. The van der Waals surface area contributed by atoms with Gasteiger partial charge >= 0.3 is 0 Å². The van der Waals surface area contributed by atoms with Gasteiger partial charge in [-0.2, -0.15) is 5.10 Å². The third kappa shape index (κ3) is 2.37. The van der Waals surface area contributed by atoms with E-state index < -0.39 is 0 Å². The summed E-state index contributed by atoms with van der Waals surface area (Å²) in [5, 5.41) is 10.3. The SMILES string of the molecule is S=c1[nH]nc(-c2cc(Cl)cc(Cl)c2)c2ccccc12. The molecular weight excluding hydrogens is 299 g/mol. The van der Waals surface area contributed by atoms with E-state index in [1.807, 2.05) is 36.4 Å². The summed E-state index contributed by atoms with van der Waals surface area (Å²) >= 11 is 17.3. The first kappa shape index (κ1) is 12.6. The van der Waals surface area contributed by atoms with Gasteiger partial charge in [-0.25, -0.2) is 0 Å². The summed E-state index contributed by atoms with van der Waals surface area (Å²) in [4.78, 5) is 0. The Hall–Kier alpha value is -1.42. The van der Waals surface area contributed by atoms with E-state index in [1.54, 1.807) is 6.07 Å². The molecule has 0 aliphatic rings. The zero-order valence-corrected chi connectivity index (χ0v) is 12.0. The normalized spacial score (nSPS) is 10.8. The van der Waals surface area contributed by atoms with E-state index in [4.69, 9.17) is 35.4 Å². The fraction of sp³-hybridized carbons (Fsp3) is 0. The first-order valence-corrected chi connectivity index (χ1v) is 6.75. The van der Waals surface area contributed by atoms with Gasteiger partial charge in [0.2, 0.25) is 0 Å². The van der Waals surface area contributed by atoms with Gasteiger partial charge in [0.15, 0.2) is 0 Å². The summed E-state index contributed by atoms with van der Waals surface area (Å²) < 4.78 is 0.618. The minimum atomic E-state index is 0.579. The Balaban J connectivity index is 2.37. The Morgan fingerprint density at radius 2 is 1.58 bits per heavy atom. The number of halogens is 2. The molecule has 0 bridgehead atoms. The Morgan fingerprint density at radius 1 is 0.947 bits per heavy atom. The van der Waals surface area contributed by atoms with Gasteiger partial charge in [0.1, 0.15) is 4.64 Å². The number of hydrogen-bond acceptors (Lipinski definition) is 2. The number of rotatable bonds is 1. The van der Waals surface area contributed by atoms with Crippen LogP contribution in [0.5, 0.6) is 0 Å². The second-order valence-electron chi connectivity index (χ2n) is 4.11. The van der Waals surface area contributed by atoms with Crippen molar-refractivity contribution in [3.63, 3.8) is 0 Å². The highest BCUT2D eigenvalue weighted by atomic mass is 35.5. The first-order chi connectivity index (χ1) is 9.15. The fourth-order valence-corrected chi connectivity index (χ4v) is 2.78. The van der Waals surface area contributed by atoms with Crippen molar-refractivity contribution in [2.45, 2.75) is 0 Å². The van der Waals surface area contributed by atoms with Crippen molar-refractivity contribution in [2.24, 2.45) is 0 Å². The van der Waals surface area contributed by atoms with Gasteiger partial charge in [-0.3, -0.25) is 5.10 Å². The maximum atomic E-state index is 6.04. The molecule has 19 heavy (non-hydrogen) atoms. The van der Waals surface area contributed by atoms with Gasteiger partial charge < -0.3 is 0 Å². The van der Waals surface area contributed by atoms with Gasteiger partial charge in [0.25, 0.3) is 0 Å². The predicted octanol–water partition coefficient (Wildman–Crippen LogP) is 5.27. The fourth-order valence-electron chi connectivity index (χ4n) is 2.03. The highest BCUT2D eigenvalue weighted by Gasteiger charge is 2.08. The van der Waals surface area contributed by atoms with E-state index in [1.165, 1.54) is 0 Å². The molecule has 94 valence electrons. The van der Waals surface area contributed by atoms with Crippen LogP contribution in [0, 0.1) is 4.64 Å². The lowest BCUT2D eigenvalue weighted by molar-refractivity contribution is 1.04. The lowest BCUT2D eigenvalue weighted by Crippen LogP contribution is -1.91. The van der Waals surface area contributed by atoms with Crippen LogP contribution >= 0.6 is 35.4 Å². The number of H-pyrrole nitrogens is 1. The molecule has 0 radical (unpaired) electrons. The lowest BCUT2D eigenvalue weighted by Gasteiger charge is -2.06. The van der Waals surface area contributed by atoms with Crippen LogP contribution in [-0.2, 0) is 0 Å². The van der Waals surface area contributed by atoms with Crippen molar-refractivity contribution in [1.82, 2.24) is 10.2 Å². The summed E-state index contributed by atoms with van der Waals surface area (Å²) in [6.45, 7) is 0. The number of aromatic amines is 1. The van der Waals surface area contributed by atoms with Gasteiger partial charge in [-0.05, 0) is 18.2 Å². The lowest BCUT2D eigenvalue weighted by atomic mass is 10.1. The van der Waals surface area contributed by atoms with Gasteiger partial charge in [-0.1, -0.05) is 59.7 Å². The smallest absolute Gasteiger partial charge is 0.127 e. The maximum absolute atomic E-state index is 6.04. The maximum Gasteiger partial charge on any atom is 0.127 e. The topological polar surface area (TPSA) is 28.7 Å². The zero-order chi connectivity index (χ0) is 13.4. The Labute approximate surface area is 125 Å². The molecule has 0 saturated carbocycles. The second kappa shape index (κ2) is 4.93. The molecule has 3 rings (SSSR count). The van der Waals surface area contributed by atoms with E-state index >= 15 is 0 Å². The number of aromatic nitrogens is 2. The van der Waals surface area contributed by atoms with E-state index in [-0.39, 0.29) is 0 Å². The zero-order valence-electron chi connectivity index (χ0n) is 9.65. The third-order valence-corrected chi connectivity index (χ3v) is 3.58. The standard InChI is InChI=1S/C14H8Cl2N2S/c15-9-5-8(6-10(16)7-9)13-11-3-1-2-4-12(11)14(19)18-17-13/h1-7H,(H,18,19). The minimum absolute atomic E-state index is 0.579. The molecule has 2 nitrogen and oxygen atoms in total. The van der Waals surface area contributed by atoms with Crippen LogP contribution in [0.15, 0.2) is 42.5 Å². The Bertz CT molecular complexity index is 807. The van der Waals surface area contributed by atoms with Crippen molar-refractivity contribution in [1.29, 1.82) is 0 Å². The number of nitrogens with zero attached hydrogens (tertiary/aromatic N) is 1. The third-order valence-electron chi connectivity index (χ3n) is 2.83. The molecule has 0 amide bonds. The number of fused-ring (bicyclic) bond motifs is 1. The van der Waals surface area contributed by atoms with Crippen LogP contribution in [0.25, 0.3) is 22.0 Å². The van der Waals surface area contributed by atoms with Crippen LogP contribution in [0.3, 0.4) is 0 Å².